The van der Waals surface area contributed by atoms with Gasteiger partial charge in [-0.2, -0.15) is 0 Å². The molecule has 0 aromatic carbocycles. The fourth-order valence-electron chi connectivity index (χ4n) is 3.35. The molecule has 4 nitrogen and oxygen atoms in total. The third-order valence-electron chi connectivity index (χ3n) is 4.50. The van der Waals surface area contributed by atoms with Gasteiger partial charge in [-0.3, -0.25) is 0 Å². The summed E-state index contributed by atoms with van der Waals surface area (Å²) in [6.45, 7) is 5.37. The molecule has 17 heavy (non-hydrogen) atoms. The van der Waals surface area contributed by atoms with Crippen molar-refractivity contribution in [1.29, 1.82) is 0 Å². The molecular formula is C13H23NO3. The van der Waals surface area contributed by atoms with Crippen LogP contribution >= 0.6 is 0 Å². The highest BCUT2D eigenvalue weighted by Gasteiger charge is 2.39. The molecule has 3 atom stereocenters. The number of piperidine rings is 1. The summed E-state index contributed by atoms with van der Waals surface area (Å²) in [5.74, 6) is 1.18. The number of rotatable bonds is 3. The molecule has 3 unspecified atom stereocenters. The van der Waals surface area contributed by atoms with Gasteiger partial charge in [0.25, 0.3) is 0 Å². The third kappa shape index (κ3) is 2.65. The van der Waals surface area contributed by atoms with Crippen LogP contribution in [-0.2, 0) is 9.47 Å². The van der Waals surface area contributed by atoms with Gasteiger partial charge in [0.1, 0.15) is 0 Å². The highest BCUT2D eigenvalue weighted by atomic mass is 16.6. The number of fused-ring (bicyclic) bond motifs is 1. The summed E-state index contributed by atoms with van der Waals surface area (Å²) in [5.41, 5.74) is 0. The molecule has 3 fully saturated rings. The Hall–Kier alpha value is -0.160. The standard InChI is InChI=1S/C13H23NO3/c15-7-10-1-3-14(4-2-10)6-12-5-11-8-16-9-13(11)17-12/h10-13,15H,1-9H2. The van der Waals surface area contributed by atoms with Crippen LogP contribution in [0, 0.1) is 11.8 Å². The van der Waals surface area contributed by atoms with E-state index < -0.39 is 0 Å². The number of likely N-dealkylation sites (tertiary alicyclic amines) is 1. The maximum Gasteiger partial charge on any atom is 0.0863 e. The van der Waals surface area contributed by atoms with Crippen molar-refractivity contribution in [3.8, 4) is 0 Å². The van der Waals surface area contributed by atoms with E-state index in [1.54, 1.807) is 0 Å². The lowest BCUT2D eigenvalue weighted by Crippen LogP contribution is -2.39. The van der Waals surface area contributed by atoms with E-state index >= 15 is 0 Å². The van der Waals surface area contributed by atoms with Gasteiger partial charge in [0, 0.05) is 19.1 Å². The second-order valence-electron chi connectivity index (χ2n) is 5.76. The summed E-state index contributed by atoms with van der Waals surface area (Å²) in [7, 11) is 0. The minimum atomic E-state index is 0.356. The monoisotopic (exact) mass is 241 g/mol. The van der Waals surface area contributed by atoms with Crippen molar-refractivity contribution >= 4 is 0 Å². The summed E-state index contributed by atoms with van der Waals surface area (Å²) in [5, 5.41) is 9.11. The van der Waals surface area contributed by atoms with Gasteiger partial charge in [0.15, 0.2) is 0 Å². The molecule has 4 heteroatoms. The van der Waals surface area contributed by atoms with Crippen molar-refractivity contribution in [3.05, 3.63) is 0 Å². The topological polar surface area (TPSA) is 41.9 Å². The van der Waals surface area contributed by atoms with Gasteiger partial charge < -0.3 is 19.5 Å². The Morgan fingerprint density at radius 2 is 2.00 bits per heavy atom. The summed E-state index contributed by atoms with van der Waals surface area (Å²) in [4.78, 5) is 2.50. The minimum absolute atomic E-state index is 0.356. The molecule has 98 valence electrons. The Balaban J connectivity index is 1.43. The van der Waals surface area contributed by atoms with Crippen molar-refractivity contribution in [2.75, 3.05) is 39.5 Å². The first-order valence-electron chi connectivity index (χ1n) is 6.91. The molecule has 1 N–H and O–H groups in total. The van der Waals surface area contributed by atoms with Crippen LogP contribution in [0.1, 0.15) is 19.3 Å². The number of nitrogens with zero attached hydrogens (tertiary/aromatic N) is 1. The second-order valence-corrected chi connectivity index (χ2v) is 5.76. The minimum Gasteiger partial charge on any atom is -0.396 e. The molecule has 3 aliphatic rings. The zero-order valence-corrected chi connectivity index (χ0v) is 10.4. The number of hydrogen-bond donors (Lipinski definition) is 1. The van der Waals surface area contributed by atoms with Gasteiger partial charge in [-0.1, -0.05) is 0 Å². The van der Waals surface area contributed by atoms with Crippen molar-refractivity contribution in [3.63, 3.8) is 0 Å². The van der Waals surface area contributed by atoms with E-state index in [2.05, 4.69) is 4.90 Å². The lowest BCUT2D eigenvalue weighted by atomic mass is 9.97. The highest BCUT2D eigenvalue weighted by molar-refractivity contribution is 4.88. The fourth-order valence-corrected chi connectivity index (χ4v) is 3.35. The first-order chi connectivity index (χ1) is 8.35. The Morgan fingerprint density at radius 3 is 2.71 bits per heavy atom. The molecule has 0 aliphatic carbocycles. The van der Waals surface area contributed by atoms with Crippen LogP contribution in [0.2, 0.25) is 0 Å². The van der Waals surface area contributed by atoms with Gasteiger partial charge in [0.05, 0.1) is 25.4 Å². The van der Waals surface area contributed by atoms with Gasteiger partial charge in [0.2, 0.25) is 0 Å². The maximum absolute atomic E-state index is 9.11. The summed E-state index contributed by atoms with van der Waals surface area (Å²) < 4.78 is 11.4. The molecule has 0 spiro atoms. The van der Waals surface area contributed by atoms with E-state index in [0.717, 1.165) is 45.7 Å². The number of hydrogen-bond acceptors (Lipinski definition) is 4. The van der Waals surface area contributed by atoms with Crippen LogP contribution in [0.15, 0.2) is 0 Å². The number of aliphatic hydroxyl groups excluding tert-OH is 1. The zero-order valence-electron chi connectivity index (χ0n) is 10.4. The average Bonchev–Trinajstić information content (AvgIpc) is 2.90. The van der Waals surface area contributed by atoms with Crippen molar-refractivity contribution in [2.45, 2.75) is 31.5 Å². The van der Waals surface area contributed by atoms with Gasteiger partial charge in [-0.25, -0.2) is 0 Å². The summed E-state index contributed by atoms with van der Waals surface area (Å²) in [6, 6.07) is 0. The molecule has 3 aliphatic heterocycles. The highest BCUT2D eigenvalue weighted by Crippen LogP contribution is 2.32. The third-order valence-corrected chi connectivity index (χ3v) is 4.50. The fraction of sp³-hybridized carbons (Fsp3) is 1.00. The van der Waals surface area contributed by atoms with Crippen LogP contribution < -0.4 is 0 Å². The van der Waals surface area contributed by atoms with Crippen molar-refractivity contribution < 1.29 is 14.6 Å². The maximum atomic E-state index is 9.11. The molecule has 3 heterocycles. The van der Waals surface area contributed by atoms with E-state index in [1.165, 1.54) is 6.42 Å². The number of aliphatic hydroxyl groups is 1. The molecule has 0 saturated carbocycles. The molecule has 3 rings (SSSR count). The Morgan fingerprint density at radius 1 is 1.18 bits per heavy atom. The van der Waals surface area contributed by atoms with E-state index in [0.29, 0.717) is 30.7 Å². The summed E-state index contributed by atoms with van der Waals surface area (Å²) in [6.07, 6.45) is 4.23. The molecule has 0 bridgehead atoms. The predicted octanol–water partition coefficient (Wildman–Crippen LogP) is 0.495. The van der Waals surface area contributed by atoms with E-state index in [4.69, 9.17) is 14.6 Å². The van der Waals surface area contributed by atoms with E-state index in [1.807, 2.05) is 0 Å². The van der Waals surface area contributed by atoms with Gasteiger partial charge in [-0.05, 0) is 38.3 Å². The van der Waals surface area contributed by atoms with E-state index in [-0.39, 0.29) is 0 Å². The Bertz CT molecular complexity index is 241. The molecular weight excluding hydrogens is 218 g/mol. The normalized spacial score (nSPS) is 39.7. The van der Waals surface area contributed by atoms with Gasteiger partial charge in [-0.15, -0.1) is 0 Å². The molecule has 0 radical (unpaired) electrons. The van der Waals surface area contributed by atoms with Crippen LogP contribution in [0.25, 0.3) is 0 Å². The average molecular weight is 241 g/mol. The lowest BCUT2D eigenvalue weighted by Gasteiger charge is -2.32. The molecule has 0 amide bonds. The van der Waals surface area contributed by atoms with Crippen LogP contribution in [0.4, 0.5) is 0 Å². The van der Waals surface area contributed by atoms with E-state index in [9.17, 15) is 0 Å². The first-order valence-corrected chi connectivity index (χ1v) is 6.91. The van der Waals surface area contributed by atoms with Crippen LogP contribution in [-0.4, -0.2) is 61.7 Å². The van der Waals surface area contributed by atoms with Crippen LogP contribution in [0.5, 0.6) is 0 Å². The smallest absolute Gasteiger partial charge is 0.0863 e. The quantitative estimate of drug-likeness (QED) is 0.781. The first kappa shape index (κ1) is 11.9. The lowest BCUT2D eigenvalue weighted by molar-refractivity contribution is -0.00317. The predicted molar refractivity (Wildman–Crippen MR) is 63.8 cm³/mol. The molecule has 3 saturated heterocycles. The van der Waals surface area contributed by atoms with Crippen molar-refractivity contribution in [2.24, 2.45) is 11.8 Å². The largest absolute Gasteiger partial charge is 0.396 e. The molecule has 0 aromatic rings. The van der Waals surface area contributed by atoms with Crippen LogP contribution in [0.3, 0.4) is 0 Å². The zero-order chi connectivity index (χ0) is 11.7. The molecule has 0 aromatic heterocycles. The second kappa shape index (κ2) is 5.22. The Labute approximate surface area is 103 Å². The van der Waals surface area contributed by atoms with Crippen molar-refractivity contribution in [1.82, 2.24) is 4.90 Å². The Kier molecular flexibility index (Phi) is 3.66. The van der Waals surface area contributed by atoms with Gasteiger partial charge >= 0.3 is 0 Å². The number of ether oxygens (including phenoxy) is 2. The SMILES string of the molecule is OCC1CCN(CC2CC3COCC3O2)CC1. The summed E-state index contributed by atoms with van der Waals surface area (Å²) >= 11 is 0.